The third-order valence-corrected chi connectivity index (χ3v) is 10.7. The van der Waals surface area contributed by atoms with Crippen LogP contribution < -0.4 is 5.32 Å². The standard InChI is InChI=1S/C32H38N4/c1-31-15-11-24(34-20-22-13-17-33-18-14-22)19-23(31)7-8-25-26-9-10-30(32(26,2)16-12-27(25)31)36-21-35-28-5-3-4-6-29(28)36/h3-7,10,13-14,17-18,21,24-27,34H,8-9,11-12,15-16,19-20H2,1-2H3/t24-,25?,26?,27?,31-,32-/m0/s1. The van der Waals surface area contributed by atoms with E-state index in [1.54, 1.807) is 5.57 Å². The van der Waals surface area contributed by atoms with Gasteiger partial charge >= 0.3 is 0 Å². The molecule has 4 heteroatoms. The summed E-state index contributed by atoms with van der Waals surface area (Å²) < 4.78 is 2.40. The number of nitrogens with zero attached hydrogens (tertiary/aromatic N) is 3. The summed E-state index contributed by atoms with van der Waals surface area (Å²) in [6, 6.07) is 13.4. The lowest BCUT2D eigenvalue weighted by Crippen LogP contribution is -2.51. The lowest BCUT2D eigenvalue weighted by Gasteiger charge is -2.58. The second kappa shape index (κ2) is 8.41. The van der Waals surface area contributed by atoms with Crippen LogP contribution in [0.3, 0.4) is 0 Å². The molecule has 4 aliphatic carbocycles. The Labute approximate surface area is 214 Å². The Balaban J connectivity index is 1.11. The van der Waals surface area contributed by atoms with Crippen molar-refractivity contribution in [2.24, 2.45) is 28.6 Å². The molecule has 2 saturated carbocycles. The molecule has 4 aliphatic rings. The van der Waals surface area contributed by atoms with Crippen molar-refractivity contribution in [3.05, 3.63) is 78.4 Å². The monoisotopic (exact) mass is 478 g/mol. The average Bonchev–Trinajstić information content (AvgIpc) is 3.48. The fourth-order valence-electron chi connectivity index (χ4n) is 8.67. The quantitative estimate of drug-likeness (QED) is 0.410. The third-order valence-electron chi connectivity index (χ3n) is 10.7. The van der Waals surface area contributed by atoms with E-state index >= 15 is 0 Å². The number of hydrogen-bond donors (Lipinski definition) is 1. The van der Waals surface area contributed by atoms with Crippen molar-refractivity contribution < 1.29 is 0 Å². The minimum atomic E-state index is 0.246. The molecule has 2 heterocycles. The summed E-state index contributed by atoms with van der Waals surface area (Å²) in [5.41, 5.74) is 7.56. The molecule has 36 heavy (non-hydrogen) atoms. The topological polar surface area (TPSA) is 42.7 Å². The molecule has 0 saturated heterocycles. The molecule has 7 rings (SSSR count). The highest BCUT2D eigenvalue weighted by molar-refractivity contribution is 5.80. The van der Waals surface area contributed by atoms with Crippen molar-refractivity contribution in [3.8, 4) is 0 Å². The third kappa shape index (κ3) is 3.37. The predicted octanol–water partition coefficient (Wildman–Crippen LogP) is 7.00. The van der Waals surface area contributed by atoms with Crippen LogP contribution in [0, 0.1) is 28.6 Å². The predicted molar refractivity (Wildman–Crippen MR) is 146 cm³/mol. The second-order valence-corrected chi connectivity index (χ2v) is 12.3. The van der Waals surface area contributed by atoms with Crippen LogP contribution in [-0.2, 0) is 6.54 Å². The van der Waals surface area contributed by atoms with Crippen LogP contribution >= 0.6 is 0 Å². The number of aromatic nitrogens is 3. The number of allylic oxidation sites excluding steroid dienone is 3. The summed E-state index contributed by atoms with van der Waals surface area (Å²) in [6.07, 6.45) is 20.1. The van der Waals surface area contributed by atoms with Gasteiger partial charge in [-0.3, -0.25) is 4.98 Å². The number of imidazole rings is 1. The Morgan fingerprint density at radius 3 is 2.67 bits per heavy atom. The molecule has 0 amide bonds. The van der Waals surface area contributed by atoms with Crippen LogP contribution in [0.5, 0.6) is 0 Å². The molecule has 1 aromatic carbocycles. The van der Waals surface area contributed by atoms with E-state index in [0.29, 0.717) is 11.5 Å². The van der Waals surface area contributed by atoms with Gasteiger partial charge in [0.1, 0.15) is 6.33 Å². The van der Waals surface area contributed by atoms with E-state index in [1.807, 2.05) is 12.4 Å². The van der Waals surface area contributed by atoms with E-state index in [9.17, 15) is 0 Å². The molecular weight excluding hydrogens is 440 g/mol. The van der Waals surface area contributed by atoms with Crippen LogP contribution in [-0.4, -0.2) is 20.6 Å². The zero-order valence-electron chi connectivity index (χ0n) is 21.7. The zero-order valence-corrected chi connectivity index (χ0v) is 21.7. The number of fused-ring (bicyclic) bond motifs is 6. The molecule has 2 fully saturated rings. The molecule has 1 N–H and O–H groups in total. The zero-order chi connectivity index (χ0) is 24.3. The fourth-order valence-corrected chi connectivity index (χ4v) is 8.67. The van der Waals surface area contributed by atoms with Crippen molar-refractivity contribution >= 4 is 16.7 Å². The number of pyridine rings is 1. The molecule has 0 aliphatic heterocycles. The Morgan fingerprint density at radius 1 is 0.944 bits per heavy atom. The van der Waals surface area contributed by atoms with Gasteiger partial charge in [-0.05, 0) is 97.9 Å². The number of para-hydroxylation sites is 2. The van der Waals surface area contributed by atoms with E-state index in [4.69, 9.17) is 4.98 Å². The van der Waals surface area contributed by atoms with E-state index in [2.05, 4.69) is 83.6 Å². The maximum atomic E-state index is 4.72. The normalized spacial score (nSPS) is 35.5. The summed E-state index contributed by atoms with van der Waals surface area (Å²) in [4.78, 5) is 8.88. The first-order chi connectivity index (χ1) is 17.6. The second-order valence-electron chi connectivity index (χ2n) is 12.3. The SMILES string of the molecule is C[C@]12CC[C@H](NCc3ccncc3)CC1=CCC1C2CC[C@]2(C)C(n3cnc4ccccc43)=CCC12. The molecule has 0 bridgehead atoms. The van der Waals surface area contributed by atoms with Crippen LogP contribution in [0.15, 0.2) is 72.8 Å². The summed E-state index contributed by atoms with van der Waals surface area (Å²) in [6.45, 7) is 6.12. The van der Waals surface area contributed by atoms with Crippen molar-refractivity contribution in [2.45, 2.75) is 71.4 Å². The maximum Gasteiger partial charge on any atom is 0.100 e. The van der Waals surface area contributed by atoms with Gasteiger partial charge in [-0.1, -0.05) is 43.7 Å². The van der Waals surface area contributed by atoms with Gasteiger partial charge in [0, 0.05) is 36.1 Å². The maximum absolute atomic E-state index is 4.72. The Hall–Kier alpha value is -2.72. The van der Waals surface area contributed by atoms with Crippen molar-refractivity contribution in [1.82, 2.24) is 19.9 Å². The molecule has 6 atom stereocenters. The number of benzene rings is 1. The largest absolute Gasteiger partial charge is 0.310 e. The van der Waals surface area contributed by atoms with E-state index in [-0.39, 0.29) is 5.41 Å². The van der Waals surface area contributed by atoms with Crippen molar-refractivity contribution in [2.75, 3.05) is 0 Å². The summed E-state index contributed by atoms with van der Waals surface area (Å²) in [7, 11) is 0. The number of hydrogen-bond acceptors (Lipinski definition) is 3. The fraction of sp³-hybridized carbons (Fsp3) is 0.500. The first kappa shape index (κ1) is 22.5. The van der Waals surface area contributed by atoms with Crippen LogP contribution in [0.1, 0.15) is 64.4 Å². The smallest absolute Gasteiger partial charge is 0.100 e. The van der Waals surface area contributed by atoms with Gasteiger partial charge in [0.25, 0.3) is 0 Å². The van der Waals surface area contributed by atoms with Gasteiger partial charge in [0.2, 0.25) is 0 Å². The van der Waals surface area contributed by atoms with Gasteiger partial charge in [-0.15, -0.1) is 0 Å². The van der Waals surface area contributed by atoms with Crippen LogP contribution in [0.25, 0.3) is 16.7 Å². The first-order valence-corrected chi connectivity index (χ1v) is 14.0. The Bertz CT molecular complexity index is 1340. The van der Waals surface area contributed by atoms with Crippen molar-refractivity contribution in [3.63, 3.8) is 0 Å². The minimum Gasteiger partial charge on any atom is -0.310 e. The number of nitrogens with one attached hydrogen (secondary N) is 1. The van der Waals surface area contributed by atoms with E-state index in [0.717, 1.165) is 29.8 Å². The molecule has 0 spiro atoms. The van der Waals surface area contributed by atoms with E-state index < -0.39 is 0 Å². The number of rotatable bonds is 4. The molecule has 186 valence electrons. The van der Waals surface area contributed by atoms with Gasteiger partial charge in [0.05, 0.1) is 11.0 Å². The highest BCUT2D eigenvalue weighted by Gasteiger charge is 2.57. The molecule has 3 aromatic rings. The molecular formula is C32H38N4. The minimum absolute atomic E-state index is 0.246. The van der Waals surface area contributed by atoms with E-state index in [1.165, 1.54) is 61.7 Å². The lowest BCUT2D eigenvalue weighted by molar-refractivity contribution is -0.0138. The highest BCUT2D eigenvalue weighted by atomic mass is 15.1. The van der Waals surface area contributed by atoms with Gasteiger partial charge in [-0.2, -0.15) is 0 Å². The van der Waals surface area contributed by atoms with Crippen LogP contribution in [0.2, 0.25) is 0 Å². The Morgan fingerprint density at radius 2 is 1.78 bits per heavy atom. The molecule has 4 nitrogen and oxygen atoms in total. The highest BCUT2D eigenvalue weighted by Crippen LogP contribution is 2.65. The Kier molecular flexibility index (Phi) is 5.25. The average molecular weight is 479 g/mol. The lowest BCUT2D eigenvalue weighted by atomic mass is 9.47. The summed E-state index contributed by atoms with van der Waals surface area (Å²) in [5.74, 6) is 2.36. The molecule has 0 radical (unpaired) electrons. The van der Waals surface area contributed by atoms with Gasteiger partial charge in [0.15, 0.2) is 0 Å². The summed E-state index contributed by atoms with van der Waals surface area (Å²) in [5, 5.41) is 3.85. The van der Waals surface area contributed by atoms with Crippen LogP contribution in [0.4, 0.5) is 0 Å². The molecule has 3 unspecified atom stereocenters. The van der Waals surface area contributed by atoms with Crippen molar-refractivity contribution in [1.29, 1.82) is 0 Å². The summed E-state index contributed by atoms with van der Waals surface area (Å²) >= 11 is 0. The van der Waals surface area contributed by atoms with Gasteiger partial charge in [-0.25, -0.2) is 4.98 Å². The molecule has 2 aromatic heterocycles. The van der Waals surface area contributed by atoms with Gasteiger partial charge < -0.3 is 9.88 Å². The first-order valence-electron chi connectivity index (χ1n) is 14.0.